The van der Waals surface area contributed by atoms with Crippen LogP contribution in [0.15, 0.2) is 4.47 Å². The highest BCUT2D eigenvalue weighted by Gasteiger charge is 2.40. The van der Waals surface area contributed by atoms with E-state index in [1.54, 1.807) is 0 Å². The van der Waals surface area contributed by atoms with E-state index in [1.807, 2.05) is 6.92 Å². The van der Waals surface area contributed by atoms with Gasteiger partial charge in [-0.3, -0.25) is 4.68 Å². The van der Waals surface area contributed by atoms with Crippen LogP contribution in [0.1, 0.15) is 44.0 Å². The molecule has 1 saturated carbocycles. The van der Waals surface area contributed by atoms with E-state index in [0.717, 1.165) is 23.1 Å². The van der Waals surface area contributed by atoms with Crippen molar-refractivity contribution in [2.45, 2.75) is 52.5 Å². The predicted molar refractivity (Wildman–Crippen MR) is 89.9 cm³/mol. The zero-order chi connectivity index (χ0) is 14.8. The minimum atomic E-state index is 0.00151. The van der Waals surface area contributed by atoms with Crippen molar-refractivity contribution in [3.8, 4) is 0 Å². The van der Waals surface area contributed by atoms with E-state index in [1.165, 1.54) is 31.4 Å². The van der Waals surface area contributed by atoms with Crippen LogP contribution in [0.4, 0.5) is 0 Å². The van der Waals surface area contributed by atoms with Gasteiger partial charge in [-0.05, 0) is 55.0 Å². The van der Waals surface area contributed by atoms with Crippen LogP contribution in [0.2, 0.25) is 0 Å². The third-order valence-corrected chi connectivity index (χ3v) is 6.82. The number of hydrogen-bond acceptors (Lipinski definition) is 1. The van der Waals surface area contributed by atoms with Crippen LogP contribution in [0, 0.1) is 18.3 Å². The molecule has 0 aromatic carbocycles. The Morgan fingerprint density at radius 3 is 2.40 bits per heavy atom. The maximum Gasteiger partial charge on any atom is 0.0738 e. The standard InChI is InChI=1S/C15H23BrCl2N2/c1-3-20-13(14(16)11(2)19-20)8-15(9-17,10-18)12-6-4-5-7-12/h12H,3-10H2,1-2H3. The summed E-state index contributed by atoms with van der Waals surface area (Å²) in [5, 5.41) is 4.59. The molecule has 0 bridgehead atoms. The highest BCUT2D eigenvalue weighted by atomic mass is 79.9. The highest BCUT2D eigenvalue weighted by molar-refractivity contribution is 9.10. The summed E-state index contributed by atoms with van der Waals surface area (Å²) < 4.78 is 3.21. The lowest BCUT2D eigenvalue weighted by molar-refractivity contribution is 0.219. The molecular weight excluding hydrogens is 359 g/mol. The fourth-order valence-corrected chi connectivity index (χ4v) is 4.74. The van der Waals surface area contributed by atoms with E-state index >= 15 is 0 Å². The average Bonchev–Trinajstić information content (AvgIpc) is 3.08. The summed E-state index contributed by atoms with van der Waals surface area (Å²) in [5.74, 6) is 1.90. The van der Waals surface area contributed by atoms with Gasteiger partial charge in [0.25, 0.3) is 0 Å². The molecule has 5 heteroatoms. The first-order valence-corrected chi connectivity index (χ1v) is 9.28. The number of alkyl halides is 2. The quantitative estimate of drug-likeness (QED) is 0.621. The molecule has 0 amide bonds. The van der Waals surface area contributed by atoms with Crippen molar-refractivity contribution in [3.63, 3.8) is 0 Å². The SMILES string of the molecule is CCn1nc(C)c(Br)c1CC(CCl)(CCl)C1CCCC1. The Labute approximate surface area is 140 Å². The van der Waals surface area contributed by atoms with E-state index in [0.29, 0.717) is 17.7 Å². The van der Waals surface area contributed by atoms with Gasteiger partial charge in [-0.1, -0.05) is 12.8 Å². The van der Waals surface area contributed by atoms with Gasteiger partial charge in [0.15, 0.2) is 0 Å². The fraction of sp³-hybridized carbons (Fsp3) is 0.800. The average molecular weight is 382 g/mol. The minimum Gasteiger partial charge on any atom is -0.268 e. The summed E-state index contributed by atoms with van der Waals surface area (Å²) in [6.07, 6.45) is 6.06. The molecule has 1 heterocycles. The van der Waals surface area contributed by atoms with Gasteiger partial charge in [0.2, 0.25) is 0 Å². The Bertz CT molecular complexity index is 449. The molecule has 1 aliphatic rings. The molecule has 114 valence electrons. The lowest BCUT2D eigenvalue weighted by atomic mass is 9.74. The number of halogens is 3. The Hall–Kier alpha value is 0.270. The van der Waals surface area contributed by atoms with Crippen molar-refractivity contribution < 1.29 is 0 Å². The first kappa shape index (κ1) is 16.6. The van der Waals surface area contributed by atoms with Gasteiger partial charge in [0, 0.05) is 23.7 Å². The second-order valence-corrected chi connectivity index (χ2v) is 7.28. The molecule has 0 unspecified atom stereocenters. The highest BCUT2D eigenvalue weighted by Crippen LogP contribution is 2.45. The molecule has 0 aliphatic heterocycles. The second kappa shape index (κ2) is 7.02. The van der Waals surface area contributed by atoms with Crippen LogP contribution in [-0.4, -0.2) is 21.5 Å². The molecule has 1 aliphatic carbocycles. The van der Waals surface area contributed by atoms with Gasteiger partial charge in [-0.2, -0.15) is 5.10 Å². The fourth-order valence-electron chi connectivity index (χ4n) is 3.40. The largest absolute Gasteiger partial charge is 0.268 e. The summed E-state index contributed by atoms with van der Waals surface area (Å²) in [6, 6.07) is 0. The van der Waals surface area contributed by atoms with Crippen molar-refractivity contribution in [1.29, 1.82) is 0 Å². The van der Waals surface area contributed by atoms with Gasteiger partial charge < -0.3 is 0 Å². The van der Waals surface area contributed by atoms with Crippen molar-refractivity contribution >= 4 is 39.1 Å². The van der Waals surface area contributed by atoms with Crippen molar-refractivity contribution in [3.05, 3.63) is 15.9 Å². The number of hydrogen-bond donors (Lipinski definition) is 0. The Balaban J connectivity index is 2.32. The summed E-state index contributed by atoms with van der Waals surface area (Å²) in [4.78, 5) is 0. The summed E-state index contributed by atoms with van der Waals surface area (Å²) in [6.45, 7) is 5.05. The first-order chi connectivity index (χ1) is 9.57. The molecule has 2 nitrogen and oxygen atoms in total. The number of nitrogens with zero attached hydrogens (tertiary/aromatic N) is 2. The summed E-state index contributed by atoms with van der Waals surface area (Å²) in [5.41, 5.74) is 2.30. The van der Waals surface area contributed by atoms with Gasteiger partial charge in [0.1, 0.15) is 0 Å². The predicted octanol–water partition coefficient (Wildman–Crippen LogP) is 5.17. The van der Waals surface area contributed by atoms with E-state index in [9.17, 15) is 0 Å². The van der Waals surface area contributed by atoms with E-state index in [-0.39, 0.29) is 5.41 Å². The lowest BCUT2D eigenvalue weighted by Crippen LogP contribution is -2.36. The van der Waals surface area contributed by atoms with Gasteiger partial charge in [-0.25, -0.2) is 0 Å². The van der Waals surface area contributed by atoms with Crippen LogP contribution >= 0.6 is 39.1 Å². The molecule has 0 saturated heterocycles. The van der Waals surface area contributed by atoms with E-state index in [2.05, 4.69) is 32.6 Å². The topological polar surface area (TPSA) is 17.8 Å². The Morgan fingerprint density at radius 2 is 1.90 bits per heavy atom. The molecule has 1 aromatic rings. The smallest absolute Gasteiger partial charge is 0.0738 e. The zero-order valence-electron chi connectivity index (χ0n) is 12.3. The van der Waals surface area contributed by atoms with E-state index < -0.39 is 0 Å². The molecule has 0 N–H and O–H groups in total. The number of aryl methyl sites for hydroxylation is 2. The summed E-state index contributed by atoms with van der Waals surface area (Å²) >= 11 is 16.5. The van der Waals surface area contributed by atoms with Crippen LogP contribution in [0.25, 0.3) is 0 Å². The molecular formula is C15H23BrCl2N2. The Morgan fingerprint density at radius 1 is 1.30 bits per heavy atom. The molecule has 0 atom stereocenters. The number of rotatable bonds is 6. The molecule has 2 rings (SSSR count). The van der Waals surface area contributed by atoms with Crippen molar-refractivity contribution in [2.24, 2.45) is 11.3 Å². The first-order valence-electron chi connectivity index (χ1n) is 7.41. The minimum absolute atomic E-state index is 0.00151. The molecule has 1 fully saturated rings. The molecule has 0 radical (unpaired) electrons. The van der Waals surface area contributed by atoms with Gasteiger partial charge >= 0.3 is 0 Å². The molecule has 20 heavy (non-hydrogen) atoms. The second-order valence-electron chi connectivity index (χ2n) is 5.95. The lowest BCUT2D eigenvalue weighted by Gasteiger charge is -2.36. The third kappa shape index (κ3) is 3.05. The third-order valence-electron chi connectivity index (χ3n) is 4.73. The van der Waals surface area contributed by atoms with Crippen molar-refractivity contribution in [1.82, 2.24) is 9.78 Å². The van der Waals surface area contributed by atoms with Crippen molar-refractivity contribution in [2.75, 3.05) is 11.8 Å². The molecule has 1 aromatic heterocycles. The molecule has 0 spiro atoms. The zero-order valence-corrected chi connectivity index (χ0v) is 15.4. The van der Waals surface area contributed by atoms with Crippen LogP contribution in [-0.2, 0) is 13.0 Å². The monoisotopic (exact) mass is 380 g/mol. The van der Waals surface area contributed by atoms with Crippen LogP contribution in [0.5, 0.6) is 0 Å². The van der Waals surface area contributed by atoms with Gasteiger partial charge in [-0.15, -0.1) is 23.2 Å². The van der Waals surface area contributed by atoms with E-state index in [4.69, 9.17) is 23.2 Å². The maximum atomic E-state index is 6.38. The summed E-state index contributed by atoms with van der Waals surface area (Å²) in [7, 11) is 0. The van der Waals surface area contributed by atoms with Crippen LogP contribution < -0.4 is 0 Å². The normalized spacial score (nSPS) is 17.1. The van der Waals surface area contributed by atoms with Gasteiger partial charge in [0.05, 0.1) is 15.9 Å². The number of aromatic nitrogens is 2. The maximum absolute atomic E-state index is 6.38. The Kier molecular flexibility index (Phi) is 5.84. The van der Waals surface area contributed by atoms with Crippen LogP contribution in [0.3, 0.4) is 0 Å².